The van der Waals surface area contributed by atoms with Gasteiger partial charge in [0, 0.05) is 32.4 Å². The van der Waals surface area contributed by atoms with Crippen LogP contribution in [0.3, 0.4) is 0 Å². The van der Waals surface area contributed by atoms with Gasteiger partial charge in [0.2, 0.25) is 9.97 Å². The molecule has 4 rings (SSSR count). The number of carbonyl (C=O) groups excluding carboxylic acids is 1. The maximum atomic E-state index is 12.6. The first-order valence-electron chi connectivity index (χ1n) is 7.36. The lowest BCUT2D eigenvalue weighted by Gasteiger charge is -2.34. The first-order chi connectivity index (χ1) is 11.2. The average molecular weight is 329 g/mol. The summed E-state index contributed by atoms with van der Waals surface area (Å²) in [4.78, 5) is 21.6. The van der Waals surface area contributed by atoms with Crippen LogP contribution in [0.1, 0.15) is 15.6 Å². The van der Waals surface area contributed by atoms with Crippen molar-refractivity contribution in [2.24, 2.45) is 0 Å². The Labute approximate surface area is 136 Å². The van der Waals surface area contributed by atoms with Crippen molar-refractivity contribution in [3.63, 3.8) is 0 Å². The lowest BCUT2D eigenvalue weighted by atomic mass is 10.3. The SMILES string of the molecule is Cc1nnc2sc(C(=O)N3CCN(c4ccccn4)CC3)nn12. The summed E-state index contributed by atoms with van der Waals surface area (Å²) in [5.74, 6) is 1.60. The van der Waals surface area contributed by atoms with Crippen molar-refractivity contribution in [2.75, 3.05) is 31.1 Å². The van der Waals surface area contributed by atoms with E-state index < -0.39 is 0 Å². The van der Waals surface area contributed by atoms with E-state index in [-0.39, 0.29) is 5.91 Å². The van der Waals surface area contributed by atoms with Crippen molar-refractivity contribution in [1.29, 1.82) is 0 Å². The third-order valence-corrected chi connectivity index (χ3v) is 4.76. The molecule has 0 aromatic carbocycles. The van der Waals surface area contributed by atoms with E-state index >= 15 is 0 Å². The number of hydrogen-bond donors (Lipinski definition) is 0. The fourth-order valence-corrected chi connectivity index (χ4v) is 3.47. The van der Waals surface area contributed by atoms with Gasteiger partial charge in [0.05, 0.1) is 0 Å². The van der Waals surface area contributed by atoms with Crippen LogP contribution in [-0.2, 0) is 0 Å². The highest BCUT2D eigenvalue weighted by Gasteiger charge is 2.25. The highest BCUT2D eigenvalue weighted by Crippen LogP contribution is 2.18. The van der Waals surface area contributed by atoms with E-state index in [2.05, 4.69) is 25.2 Å². The number of carbonyl (C=O) groups is 1. The maximum absolute atomic E-state index is 12.6. The van der Waals surface area contributed by atoms with Gasteiger partial charge in [-0.2, -0.15) is 4.52 Å². The van der Waals surface area contributed by atoms with Crippen LogP contribution in [0.15, 0.2) is 24.4 Å². The van der Waals surface area contributed by atoms with Crippen molar-refractivity contribution in [3.05, 3.63) is 35.2 Å². The number of nitrogens with zero attached hydrogens (tertiary/aromatic N) is 7. The van der Waals surface area contributed by atoms with Gasteiger partial charge in [-0.1, -0.05) is 17.4 Å². The predicted octanol–water partition coefficient (Wildman–Crippen LogP) is 0.852. The van der Waals surface area contributed by atoms with Gasteiger partial charge in [0.1, 0.15) is 5.82 Å². The Balaban J connectivity index is 1.46. The van der Waals surface area contributed by atoms with E-state index in [4.69, 9.17) is 0 Å². The van der Waals surface area contributed by atoms with E-state index in [1.807, 2.05) is 30.0 Å². The standard InChI is InChI=1S/C14H15N7OS/c1-10-16-17-14-21(10)18-12(23-14)13(22)20-8-6-19(7-9-20)11-4-2-3-5-15-11/h2-5H,6-9H2,1H3. The largest absolute Gasteiger partial charge is 0.353 e. The van der Waals surface area contributed by atoms with Gasteiger partial charge in [-0.3, -0.25) is 4.79 Å². The molecule has 0 unspecified atom stereocenters. The monoisotopic (exact) mass is 329 g/mol. The molecule has 3 aromatic heterocycles. The molecule has 0 aliphatic carbocycles. The molecule has 118 valence electrons. The summed E-state index contributed by atoms with van der Waals surface area (Å²) in [6.45, 7) is 4.68. The molecule has 1 aliphatic rings. The molecule has 1 fully saturated rings. The number of piperazine rings is 1. The van der Waals surface area contributed by atoms with Crippen molar-refractivity contribution in [1.82, 2.24) is 29.7 Å². The summed E-state index contributed by atoms with van der Waals surface area (Å²) < 4.78 is 1.61. The molecule has 9 heteroatoms. The van der Waals surface area contributed by atoms with Gasteiger partial charge in [-0.15, -0.1) is 15.3 Å². The molecule has 3 aromatic rings. The highest BCUT2D eigenvalue weighted by molar-refractivity contribution is 7.18. The Hall–Kier alpha value is -2.55. The molecule has 0 atom stereocenters. The van der Waals surface area contributed by atoms with Crippen LogP contribution in [0.2, 0.25) is 0 Å². The van der Waals surface area contributed by atoms with Gasteiger partial charge in [-0.25, -0.2) is 4.98 Å². The zero-order valence-corrected chi connectivity index (χ0v) is 13.4. The Morgan fingerprint density at radius 1 is 1.17 bits per heavy atom. The van der Waals surface area contributed by atoms with Crippen molar-refractivity contribution in [3.8, 4) is 0 Å². The molecular weight excluding hydrogens is 314 g/mol. The number of aromatic nitrogens is 5. The molecule has 8 nitrogen and oxygen atoms in total. The fourth-order valence-electron chi connectivity index (χ4n) is 2.62. The Morgan fingerprint density at radius 2 is 2.00 bits per heavy atom. The van der Waals surface area contributed by atoms with Gasteiger partial charge < -0.3 is 9.80 Å². The van der Waals surface area contributed by atoms with Crippen LogP contribution in [0.25, 0.3) is 4.96 Å². The molecule has 0 N–H and O–H groups in total. The smallest absolute Gasteiger partial charge is 0.284 e. The summed E-state index contributed by atoms with van der Waals surface area (Å²) in [6, 6.07) is 5.86. The van der Waals surface area contributed by atoms with Crippen LogP contribution < -0.4 is 4.90 Å². The maximum Gasteiger partial charge on any atom is 0.284 e. The van der Waals surface area contributed by atoms with E-state index in [1.54, 1.807) is 10.7 Å². The second-order valence-electron chi connectivity index (χ2n) is 5.32. The summed E-state index contributed by atoms with van der Waals surface area (Å²) in [6.07, 6.45) is 1.79. The van der Waals surface area contributed by atoms with Crippen LogP contribution in [0.5, 0.6) is 0 Å². The number of hydrogen-bond acceptors (Lipinski definition) is 7. The molecular formula is C14H15N7OS. The first kappa shape index (κ1) is 14.1. The van der Waals surface area contributed by atoms with Crippen LogP contribution in [-0.4, -0.2) is 61.8 Å². The topological polar surface area (TPSA) is 79.5 Å². The lowest BCUT2D eigenvalue weighted by molar-refractivity contribution is 0.0745. The minimum Gasteiger partial charge on any atom is -0.353 e. The summed E-state index contributed by atoms with van der Waals surface area (Å²) in [5.41, 5.74) is 0. The lowest BCUT2D eigenvalue weighted by Crippen LogP contribution is -2.49. The van der Waals surface area contributed by atoms with E-state index in [9.17, 15) is 4.79 Å². The Bertz CT molecular complexity index is 835. The number of pyridine rings is 1. The molecule has 23 heavy (non-hydrogen) atoms. The summed E-state index contributed by atoms with van der Waals surface area (Å²) >= 11 is 1.28. The van der Waals surface area contributed by atoms with Crippen molar-refractivity contribution < 1.29 is 4.79 Å². The normalized spacial score (nSPS) is 15.3. The van der Waals surface area contributed by atoms with Gasteiger partial charge >= 0.3 is 0 Å². The quantitative estimate of drug-likeness (QED) is 0.693. The van der Waals surface area contributed by atoms with E-state index in [0.29, 0.717) is 28.9 Å². The van der Waals surface area contributed by atoms with E-state index in [1.165, 1.54) is 11.3 Å². The number of fused-ring (bicyclic) bond motifs is 1. The minimum atomic E-state index is -0.0411. The second kappa shape index (κ2) is 5.58. The molecule has 0 bridgehead atoms. The number of aryl methyl sites for hydroxylation is 1. The Kier molecular flexibility index (Phi) is 3.41. The highest BCUT2D eigenvalue weighted by atomic mass is 32.1. The zero-order valence-electron chi connectivity index (χ0n) is 12.6. The zero-order chi connectivity index (χ0) is 15.8. The van der Waals surface area contributed by atoms with Crippen molar-refractivity contribution in [2.45, 2.75) is 6.92 Å². The van der Waals surface area contributed by atoms with Crippen LogP contribution >= 0.6 is 11.3 Å². The minimum absolute atomic E-state index is 0.0411. The molecule has 1 aliphatic heterocycles. The average Bonchev–Trinajstić information content (AvgIpc) is 3.18. The number of rotatable bonds is 2. The third kappa shape index (κ3) is 2.52. The Morgan fingerprint density at radius 3 is 2.70 bits per heavy atom. The van der Waals surface area contributed by atoms with Gasteiger partial charge in [-0.05, 0) is 19.1 Å². The van der Waals surface area contributed by atoms with Crippen LogP contribution in [0.4, 0.5) is 5.82 Å². The van der Waals surface area contributed by atoms with Gasteiger partial charge in [0.15, 0.2) is 5.82 Å². The van der Waals surface area contributed by atoms with E-state index in [0.717, 1.165) is 18.9 Å². The first-order valence-corrected chi connectivity index (χ1v) is 8.18. The number of anilines is 1. The molecule has 0 saturated carbocycles. The molecule has 0 radical (unpaired) electrons. The van der Waals surface area contributed by atoms with Crippen LogP contribution in [0, 0.1) is 6.92 Å². The van der Waals surface area contributed by atoms with Crippen molar-refractivity contribution >= 4 is 28.0 Å². The summed E-state index contributed by atoms with van der Waals surface area (Å²) in [7, 11) is 0. The molecule has 1 saturated heterocycles. The predicted molar refractivity (Wildman–Crippen MR) is 85.7 cm³/mol. The molecule has 4 heterocycles. The fraction of sp³-hybridized carbons (Fsp3) is 0.357. The second-order valence-corrected chi connectivity index (χ2v) is 6.27. The third-order valence-electron chi connectivity index (χ3n) is 3.87. The molecule has 0 spiro atoms. The van der Waals surface area contributed by atoms with Gasteiger partial charge in [0.25, 0.3) is 5.91 Å². The molecule has 1 amide bonds. The number of amides is 1. The summed E-state index contributed by atoms with van der Waals surface area (Å²) in [5, 5.41) is 12.7.